The Balaban J connectivity index is 1.71. The predicted octanol–water partition coefficient (Wildman–Crippen LogP) is 3.79. The molecule has 0 saturated carbocycles. The molecule has 3 aromatic carbocycles. The number of oxime groups is 1. The van der Waals surface area contributed by atoms with Crippen molar-refractivity contribution < 1.29 is 28.6 Å². The van der Waals surface area contributed by atoms with Crippen LogP contribution in [0.1, 0.15) is 21.5 Å². The molecule has 2 heterocycles. The van der Waals surface area contributed by atoms with Gasteiger partial charge in [0.1, 0.15) is 17.4 Å². The molecule has 2 atom stereocenters. The van der Waals surface area contributed by atoms with Gasteiger partial charge in [-0.1, -0.05) is 29.4 Å². The standard InChI is InChI=1S/C26H22N2O6/c1-31-16-13-11-15(12-14-16)23(29)21-22(17-7-6-10-20(32-2)24(17)33-3)28-34-26(21)18-8-4-5-9-19(18)27-25(26)30/h4-14,21H,1-3H3,(H,27,30)/t21-,26+/m0/s1. The number of ether oxygens (including phenoxy) is 3. The van der Waals surface area contributed by atoms with Crippen LogP contribution in [0.3, 0.4) is 0 Å². The smallest absolute Gasteiger partial charge is 0.277 e. The maximum Gasteiger partial charge on any atom is 0.277 e. The van der Waals surface area contributed by atoms with E-state index in [2.05, 4.69) is 10.5 Å². The van der Waals surface area contributed by atoms with Crippen LogP contribution < -0.4 is 19.5 Å². The lowest BCUT2D eigenvalue weighted by molar-refractivity contribution is -0.140. The van der Waals surface area contributed by atoms with Crippen molar-refractivity contribution in [2.45, 2.75) is 5.60 Å². The first-order valence-corrected chi connectivity index (χ1v) is 10.6. The first-order valence-electron chi connectivity index (χ1n) is 10.6. The number of ketones is 1. The highest BCUT2D eigenvalue weighted by atomic mass is 16.7. The van der Waals surface area contributed by atoms with Crippen LogP contribution in [0, 0.1) is 5.92 Å². The lowest BCUT2D eigenvalue weighted by Gasteiger charge is -2.27. The number of rotatable bonds is 6. The fourth-order valence-corrected chi connectivity index (χ4v) is 4.57. The molecule has 0 fully saturated rings. The molecule has 1 N–H and O–H groups in total. The van der Waals surface area contributed by atoms with Gasteiger partial charge in [0.25, 0.3) is 11.5 Å². The second-order valence-corrected chi connectivity index (χ2v) is 7.87. The molecule has 0 aromatic heterocycles. The van der Waals surface area contributed by atoms with E-state index in [0.29, 0.717) is 39.6 Å². The zero-order valence-corrected chi connectivity index (χ0v) is 18.8. The molecule has 0 saturated heterocycles. The normalized spacial score (nSPS) is 20.3. The largest absolute Gasteiger partial charge is 0.497 e. The molecule has 8 nitrogen and oxygen atoms in total. The number of carbonyl (C=O) groups is 2. The van der Waals surface area contributed by atoms with Gasteiger partial charge in [-0.15, -0.1) is 0 Å². The molecule has 172 valence electrons. The van der Waals surface area contributed by atoms with E-state index < -0.39 is 17.4 Å². The van der Waals surface area contributed by atoms with Gasteiger partial charge in [-0.05, 0) is 42.5 Å². The molecule has 1 amide bonds. The summed E-state index contributed by atoms with van der Waals surface area (Å²) >= 11 is 0. The third-order valence-electron chi connectivity index (χ3n) is 6.20. The van der Waals surface area contributed by atoms with E-state index >= 15 is 0 Å². The van der Waals surface area contributed by atoms with E-state index in [1.807, 2.05) is 0 Å². The zero-order valence-electron chi connectivity index (χ0n) is 18.8. The van der Waals surface area contributed by atoms with Crippen LogP contribution in [-0.2, 0) is 15.2 Å². The van der Waals surface area contributed by atoms with Gasteiger partial charge < -0.3 is 24.4 Å². The molecule has 0 aliphatic carbocycles. The second kappa shape index (κ2) is 8.22. The minimum absolute atomic E-state index is 0.281. The number of Topliss-reactive ketones (excluding diaryl/α,β-unsaturated/α-hetero) is 1. The number of methoxy groups -OCH3 is 3. The van der Waals surface area contributed by atoms with Crippen molar-refractivity contribution in [1.29, 1.82) is 0 Å². The maximum atomic E-state index is 14.0. The van der Waals surface area contributed by atoms with Crippen molar-refractivity contribution in [2.24, 2.45) is 11.1 Å². The predicted molar refractivity (Wildman–Crippen MR) is 125 cm³/mol. The number of amides is 1. The summed E-state index contributed by atoms with van der Waals surface area (Å²) in [6.07, 6.45) is 0. The summed E-state index contributed by atoms with van der Waals surface area (Å²) < 4.78 is 16.3. The first kappa shape index (κ1) is 21.5. The monoisotopic (exact) mass is 458 g/mol. The molecule has 0 unspecified atom stereocenters. The SMILES string of the molecule is COc1ccc(C(=O)[C@@H]2C(c3cccc(OC)c3OC)=NO[C@@]23C(=O)Nc2ccccc23)cc1. The number of hydrogen-bond acceptors (Lipinski definition) is 7. The van der Waals surface area contributed by atoms with Crippen LogP contribution in [0.15, 0.2) is 71.9 Å². The highest BCUT2D eigenvalue weighted by Gasteiger charge is 2.63. The summed E-state index contributed by atoms with van der Waals surface area (Å²) in [5.41, 5.74) is 0.645. The molecule has 8 heteroatoms. The van der Waals surface area contributed by atoms with Crippen LogP contribution in [-0.4, -0.2) is 38.7 Å². The van der Waals surface area contributed by atoms with Crippen LogP contribution in [0.4, 0.5) is 5.69 Å². The summed E-state index contributed by atoms with van der Waals surface area (Å²) in [5, 5.41) is 7.15. The number of nitrogens with one attached hydrogen (secondary N) is 1. The third-order valence-corrected chi connectivity index (χ3v) is 6.20. The average Bonchev–Trinajstić information content (AvgIpc) is 3.41. The topological polar surface area (TPSA) is 95.5 Å². The van der Waals surface area contributed by atoms with Crippen molar-refractivity contribution in [1.82, 2.24) is 0 Å². The molecule has 0 radical (unpaired) electrons. The van der Waals surface area contributed by atoms with Gasteiger partial charge in [0.15, 0.2) is 17.3 Å². The Hall–Kier alpha value is -4.33. The third kappa shape index (κ3) is 3.02. The molecule has 2 aliphatic heterocycles. The van der Waals surface area contributed by atoms with E-state index in [1.54, 1.807) is 73.8 Å². The quantitative estimate of drug-likeness (QED) is 0.565. The summed E-state index contributed by atoms with van der Waals surface area (Å²) in [6, 6.07) is 19.1. The summed E-state index contributed by atoms with van der Waals surface area (Å²) in [6.45, 7) is 0. The Morgan fingerprint density at radius 2 is 1.71 bits per heavy atom. The first-order chi connectivity index (χ1) is 16.5. The summed E-state index contributed by atoms with van der Waals surface area (Å²) in [5.74, 6) is -0.386. The molecular weight excluding hydrogens is 436 g/mol. The van der Waals surface area contributed by atoms with E-state index in [9.17, 15) is 9.59 Å². The molecular formula is C26H22N2O6. The van der Waals surface area contributed by atoms with Crippen molar-refractivity contribution in [3.63, 3.8) is 0 Å². The van der Waals surface area contributed by atoms with Crippen LogP contribution >= 0.6 is 0 Å². The van der Waals surface area contributed by atoms with Gasteiger partial charge in [0.2, 0.25) is 0 Å². The van der Waals surface area contributed by atoms with E-state index in [0.717, 1.165) is 0 Å². The second-order valence-electron chi connectivity index (χ2n) is 7.87. The molecule has 1 spiro atoms. The Morgan fingerprint density at radius 3 is 2.41 bits per heavy atom. The van der Waals surface area contributed by atoms with Crippen molar-refractivity contribution in [3.8, 4) is 17.2 Å². The fourth-order valence-electron chi connectivity index (χ4n) is 4.57. The fraction of sp³-hybridized carbons (Fsp3) is 0.192. The number of benzene rings is 3. The Kier molecular flexibility index (Phi) is 5.20. The van der Waals surface area contributed by atoms with E-state index in [-0.39, 0.29) is 11.5 Å². The minimum Gasteiger partial charge on any atom is -0.497 e. The van der Waals surface area contributed by atoms with Crippen molar-refractivity contribution >= 4 is 23.1 Å². The van der Waals surface area contributed by atoms with Gasteiger partial charge in [-0.2, -0.15) is 0 Å². The van der Waals surface area contributed by atoms with Crippen LogP contribution in [0.25, 0.3) is 0 Å². The van der Waals surface area contributed by atoms with Crippen LogP contribution in [0.2, 0.25) is 0 Å². The van der Waals surface area contributed by atoms with Gasteiger partial charge in [0.05, 0.1) is 21.3 Å². The van der Waals surface area contributed by atoms with Crippen molar-refractivity contribution in [3.05, 3.63) is 83.4 Å². The molecule has 34 heavy (non-hydrogen) atoms. The number of fused-ring (bicyclic) bond motifs is 2. The molecule has 5 rings (SSSR count). The molecule has 0 bridgehead atoms. The Bertz CT molecular complexity index is 1320. The highest BCUT2D eigenvalue weighted by Crippen LogP contribution is 2.51. The minimum atomic E-state index is -1.66. The number of nitrogens with zero attached hydrogens (tertiary/aromatic N) is 1. The maximum absolute atomic E-state index is 14.0. The van der Waals surface area contributed by atoms with E-state index in [4.69, 9.17) is 19.0 Å². The van der Waals surface area contributed by atoms with Gasteiger partial charge in [-0.25, -0.2) is 0 Å². The number of para-hydroxylation sites is 2. The number of anilines is 1. The number of carbonyl (C=O) groups excluding carboxylic acids is 2. The van der Waals surface area contributed by atoms with Gasteiger partial charge in [-0.3, -0.25) is 9.59 Å². The Labute approximate surface area is 196 Å². The molecule has 2 aliphatic rings. The lowest BCUT2D eigenvalue weighted by Crippen LogP contribution is -2.46. The molecule has 3 aromatic rings. The summed E-state index contributed by atoms with van der Waals surface area (Å²) in [4.78, 5) is 33.4. The zero-order chi connectivity index (χ0) is 23.9. The highest BCUT2D eigenvalue weighted by molar-refractivity contribution is 6.25. The van der Waals surface area contributed by atoms with Crippen LogP contribution in [0.5, 0.6) is 17.2 Å². The summed E-state index contributed by atoms with van der Waals surface area (Å²) in [7, 11) is 4.58. The van der Waals surface area contributed by atoms with Crippen molar-refractivity contribution in [2.75, 3.05) is 26.6 Å². The lowest BCUT2D eigenvalue weighted by atomic mass is 9.74. The van der Waals surface area contributed by atoms with E-state index in [1.165, 1.54) is 14.2 Å². The average molecular weight is 458 g/mol. The number of hydrogen-bond donors (Lipinski definition) is 1. The Morgan fingerprint density at radius 1 is 0.941 bits per heavy atom. The van der Waals surface area contributed by atoms with Gasteiger partial charge in [0, 0.05) is 22.4 Å². The van der Waals surface area contributed by atoms with Gasteiger partial charge >= 0.3 is 0 Å².